The molecule has 1 aliphatic rings. The molecule has 0 radical (unpaired) electrons. The van der Waals surface area contributed by atoms with Crippen molar-refractivity contribution in [2.24, 2.45) is 5.41 Å². The molecule has 82 valence electrons. The summed E-state index contributed by atoms with van der Waals surface area (Å²) in [6, 6.07) is -0.107. The van der Waals surface area contributed by atoms with Crippen LogP contribution in [0.5, 0.6) is 0 Å². The SMILES string of the molecule is CCC(CO)(CO)CN1CCNC1=O. The van der Waals surface area contributed by atoms with Crippen LogP contribution in [0.4, 0.5) is 4.79 Å². The van der Waals surface area contributed by atoms with E-state index < -0.39 is 5.41 Å². The maximum atomic E-state index is 11.3. The molecule has 0 aromatic rings. The fourth-order valence-corrected chi connectivity index (χ4v) is 1.55. The Morgan fingerprint density at radius 3 is 2.50 bits per heavy atom. The monoisotopic (exact) mass is 202 g/mol. The molecule has 5 heteroatoms. The highest BCUT2D eigenvalue weighted by atomic mass is 16.3. The first-order valence-electron chi connectivity index (χ1n) is 4.92. The molecule has 14 heavy (non-hydrogen) atoms. The van der Waals surface area contributed by atoms with Crippen molar-refractivity contribution in [3.63, 3.8) is 0 Å². The molecule has 0 unspecified atom stereocenters. The molecule has 0 aromatic carbocycles. The van der Waals surface area contributed by atoms with Gasteiger partial charge < -0.3 is 20.4 Å². The van der Waals surface area contributed by atoms with Crippen LogP contribution in [-0.2, 0) is 0 Å². The fraction of sp³-hybridized carbons (Fsp3) is 0.889. The lowest BCUT2D eigenvalue weighted by Crippen LogP contribution is -2.43. The van der Waals surface area contributed by atoms with E-state index in [1.807, 2.05) is 6.92 Å². The minimum atomic E-state index is -0.554. The minimum Gasteiger partial charge on any atom is -0.396 e. The van der Waals surface area contributed by atoms with Gasteiger partial charge in [0, 0.05) is 25.0 Å². The number of urea groups is 1. The first-order chi connectivity index (χ1) is 6.67. The number of nitrogens with zero attached hydrogens (tertiary/aromatic N) is 1. The van der Waals surface area contributed by atoms with Crippen LogP contribution in [0, 0.1) is 5.41 Å². The molecule has 0 spiro atoms. The van der Waals surface area contributed by atoms with Crippen molar-refractivity contribution in [1.82, 2.24) is 10.2 Å². The number of hydrogen-bond donors (Lipinski definition) is 3. The summed E-state index contributed by atoms with van der Waals surface area (Å²) in [6.07, 6.45) is 0.657. The molecular formula is C9H18N2O3. The highest BCUT2D eigenvalue weighted by molar-refractivity contribution is 5.76. The van der Waals surface area contributed by atoms with E-state index in [0.29, 0.717) is 26.1 Å². The van der Waals surface area contributed by atoms with Gasteiger partial charge in [0.25, 0.3) is 0 Å². The summed E-state index contributed by atoms with van der Waals surface area (Å²) < 4.78 is 0. The van der Waals surface area contributed by atoms with Gasteiger partial charge in [-0.25, -0.2) is 4.79 Å². The molecule has 0 bridgehead atoms. The molecule has 0 atom stereocenters. The Hall–Kier alpha value is -0.810. The Kier molecular flexibility index (Phi) is 3.71. The number of carbonyl (C=O) groups excluding carboxylic acids is 1. The number of aliphatic hydroxyl groups excluding tert-OH is 2. The zero-order chi connectivity index (χ0) is 10.6. The summed E-state index contributed by atoms with van der Waals surface area (Å²) >= 11 is 0. The van der Waals surface area contributed by atoms with Gasteiger partial charge >= 0.3 is 6.03 Å². The average molecular weight is 202 g/mol. The van der Waals surface area contributed by atoms with Crippen molar-refractivity contribution < 1.29 is 15.0 Å². The zero-order valence-corrected chi connectivity index (χ0v) is 8.49. The maximum absolute atomic E-state index is 11.3. The summed E-state index contributed by atoms with van der Waals surface area (Å²) in [5, 5.41) is 21.1. The number of nitrogens with one attached hydrogen (secondary N) is 1. The molecule has 0 aliphatic carbocycles. The van der Waals surface area contributed by atoms with Crippen molar-refractivity contribution in [3.05, 3.63) is 0 Å². The molecule has 1 saturated heterocycles. The second kappa shape index (κ2) is 4.61. The van der Waals surface area contributed by atoms with Crippen LogP contribution in [0.2, 0.25) is 0 Å². The molecule has 5 nitrogen and oxygen atoms in total. The normalized spacial score (nSPS) is 17.4. The van der Waals surface area contributed by atoms with Gasteiger partial charge in [-0.2, -0.15) is 0 Å². The van der Waals surface area contributed by atoms with Crippen molar-refractivity contribution in [2.75, 3.05) is 32.8 Å². The Bertz CT molecular complexity index is 196. The lowest BCUT2D eigenvalue weighted by molar-refractivity contribution is 0.0312. The smallest absolute Gasteiger partial charge is 0.317 e. The molecule has 1 fully saturated rings. The summed E-state index contributed by atoms with van der Waals surface area (Å²) in [5.41, 5.74) is -0.554. The van der Waals surface area contributed by atoms with Crippen LogP contribution in [0.1, 0.15) is 13.3 Å². The number of amides is 2. The van der Waals surface area contributed by atoms with Gasteiger partial charge in [-0.3, -0.25) is 0 Å². The molecule has 1 rings (SSSR count). The number of rotatable bonds is 5. The fourth-order valence-electron chi connectivity index (χ4n) is 1.55. The second-order valence-corrected chi connectivity index (χ2v) is 3.82. The molecule has 1 aliphatic heterocycles. The van der Waals surface area contributed by atoms with Gasteiger partial charge in [0.2, 0.25) is 0 Å². The Balaban J connectivity index is 2.58. The van der Waals surface area contributed by atoms with Crippen LogP contribution >= 0.6 is 0 Å². The van der Waals surface area contributed by atoms with E-state index in [-0.39, 0.29) is 19.2 Å². The van der Waals surface area contributed by atoms with Gasteiger partial charge in [0.1, 0.15) is 0 Å². The van der Waals surface area contributed by atoms with Crippen molar-refractivity contribution >= 4 is 6.03 Å². The maximum Gasteiger partial charge on any atom is 0.317 e. The van der Waals surface area contributed by atoms with Crippen molar-refractivity contribution in [2.45, 2.75) is 13.3 Å². The first kappa shape index (κ1) is 11.3. The largest absolute Gasteiger partial charge is 0.396 e. The predicted molar refractivity (Wildman–Crippen MR) is 51.9 cm³/mol. The number of hydrogen-bond acceptors (Lipinski definition) is 3. The topological polar surface area (TPSA) is 72.8 Å². The van der Waals surface area contributed by atoms with Gasteiger partial charge in [-0.15, -0.1) is 0 Å². The Morgan fingerprint density at radius 2 is 2.14 bits per heavy atom. The summed E-state index contributed by atoms with van der Waals surface area (Å²) in [5.74, 6) is 0. The molecule has 2 amide bonds. The summed E-state index contributed by atoms with van der Waals surface area (Å²) in [7, 11) is 0. The lowest BCUT2D eigenvalue weighted by Gasteiger charge is -2.32. The van der Waals surface area contributed by atoms with Gasteiger partial charge in [0.05, 0.1) is 13.2 Å². The third-order valence-electron chi connectivity index (χ3n) is 2.89. The molecule has 1 heterocycles. The highest BCUT2D eigenvalue weighted by Crippen LogP contribution is 2.22. The van der Waals surface area contributed by atoms with E-state index in [9.17, 15) is 15.0 Å². The summed E-state index contributed by atoms with van der Waals surface area (Å²) in [6.45, 7) is 3.44. The Morgan fingerprint density at radius 1 is 1.50 bits per heavy atom. The average Bonchev–Trinajstić information content (AvgIpc) is 2.61. The van der Waals surface area contributed by atoms with E-state index in [2.05, 4.69) is 5.32 Å². The van der Waals surface area contributed by atoms with E-state index in [1.165, 1.54) is 0 Å². The molecule has 0 saturated carbocycles. The van der Waals surface area contributed by atoms with Gasteiger partial charge in [-0.1, -0.05) is 6.92 Å². The third kappa shape index (κ3) is 2.16. The lowest BCUT2D eigenvalue weighted by atomic mass is 9.86. The predicted octanol–water partition coefficient (Wildman–Crippen LogP) is -0.607. The van der Waals surface area contributed by atoms with Crippen LogP contribution in [0.3, 0.4) is 0 Å². The van der Waals surface area contributed by atoms with E-state index >= 15 is 0 Å². The number of aliphatic hydroxyl groups is 2. The molecular weight excluding hydrogens is 184 g/mol. The van der Waals surface area contributed by atoms with Crippen LogP contribution < -0.4 is 5.32 Å². The van der Waals surface area contributed by atoms with Crippen molar-refractivity contribution in [3.8, 4) is 0 Å². The number of carbonyl (C=O) groups is 1. The first-order valence-corrected chi connectivity index (χ1v) is 4.92. The minimum absolute atomic E-state index is 0.0935. The van der Waals surface area contributed by atoms with E-state index in [4.69, 9.17) is 0 Å². The molecule has 3 N–H and O–H groups in total. The van der Waals surface area contributed by atoms with Crippen LogP contribution in [0.25, 0.3) is 0 Å². The second-order valence-electron chi connectivity index (χ2n) is 3.82. The standard InChI is InChI=1S/C9H18N2O3/c1-2-9(6-12,7-13)5-11-4-3-10-8(11)14/h12-13H,2-7H2,1H3,(H,10,14). The van der Waals surface area contributed by atoms with Crippen LogP contribution in [0.15, 0.2) is 0 Å². The van der Waals surface area contributed by atoms with Crippen molar-refractivity contribution in [1.29, 1.82) is 0 Å². The van der Waals surface area contributed by atoms with E-state index in [0.717, 1.165) is 0 Å². The highest BCUT2D eigenvalue weighted by Gasteiger charge is 2.32. The van der Waals surface area contributed by atoms with Gasteiger partial charge in [-0.05, 0) is 6.42 Å². The quantitative estimate of drug-likeness (QED) is 0.557. The Labute approximate surface area is 83.7 Å². The molecule has 0 aromatic heterocycles. The van der Waals surface area contributed by atoms with Gasteiger partial charge in [0.15, 0.2) is 0 Å². The van der Waals surface area contributed by atoms with E-state index in [1.54, 1.807) is 4.90 Å². The third-order valence-corrected chi connectivity index (χ3v) is 2.89. The van der Waals surface area contributed by atoms with Crippen LogP contribution in [-0.4, -0.2) is 54.0 Å². The summed E-state index contributed by atoms with van der Waals surface area (Å²) in [4.78, 5) is 12.9. The zero-order valence-electron chi connectivity index (χ0n) is 8.49.